The third kappa shape index (κ3) is 4.02. The highest BCUT2D eigenvalue weighted by Gasteiger charge is 2.13. The molecule has 1 aliphatic rings. The summed E-state index contributed by atoms with van der Waals surface area (Å²) in [4.78, 5) is 22.5. The predicted molar refractivity (Wildman–Crippen MR) is 125 cm³/mol. The maximum atomic E-state index is 12.6. The van der Waals surface area contributed by atoms with Crippen LogP contribution in [0.2, 0.25) is 0 Å². The summed E-state index contributed by atoms with van der Waals surface area (Å²) in [5.74, 6) is 0.551. The Bertz CT molecular complexity index is 1270. The molecule has 0 unspecified atom stereocenters. The van der Waals surface area contributed by atoms with Gasteiger partial charge in [-0.1, -0.05) is 23.8 Å². The number of hydrogen-bond donors (Lipinski definition) is 2. The fraction of sp³-hybridized carbons (Fsp3) is 0.200. The zero-order chi connectivity index (χ0) is 21.2. The fourth-order valence-corrected chi connectivity index (χ4v) is 3.97. The van der Waals surface area contributed by atoms with Gasteiger partial charge >= 0.3 is 0 Å². The van der Waals surface area contributed by atoms with E-state index < -0.39 is 0 Å². The van der Waals surface area contributed by atoms with Gasteiger partial charge in [0, 0.05) is 36.2 Å². The van der Waals surface area contributed by atoms with Gasteiger partial charge in [-0.3, -0.25) is 4.79 Å². The van der Waals surface area contributed by atoms with Crippen LogP contribution in [-0.2, 0) is 4.74 Å². The van der Waals surface area contributed by atoms with Crippen LogP contribution < -0.4 is 15.8 Å². The van der Waals surface area contributed by atoms with Crippen LogP contribution in [0.4, 0.5) is 17.2 Å². The molecule has 1 saturated heterocycles. The molecule has 31 heavy (non-hydrogen) atoms. The third-order valence-electron chi connectivity index (χ3n) is 5.57. The molecule has 3 heterocycles. The molecule has 2 aromatic carbocycles. The Morgan fingerprint density at radius 3 is 2.61 bits per heavy atom. The molecule has 0 atom stereocenters. The van der Waals surface area contributed by atoms with E-state index in [1.165, 1.54) is 5.56 Å². The van der Waals surface area contributed by atoms with Crippen LogP contribution in [0.25, 0.3) is 22.0 Å². The molecular weight excluding hydrogens is 388 g/mol. The molecule has 6 heteroatoms. The first kappa shape index (κ1) is 19.3. The van der Waals surface area contributed by atoms with Gasteiger partial charge in [-0.25, -0.2) is 4.98 Å². The molecule has 5 rings (SSSR count). The predicted octanol–water partition coefficient (Wildman–Crippen LogP) is 4.48. The van der Waals surface area contributed by atoms with Crippen molar-refractivity contribution in [2.45, 2.75) is 6.92 Å². The Hall–Kier alpha value is -3.64. The summed E-state index contributed by atoms with van der Waals surface area (Å²) in [5, 5.41) is 4.77. The summed E-state index contributed by atoms with van der Waals surface area (Å²) in [6.07, 6.45) is 1.67. The van der Waals surface area contributed by atoms with Gasteiger partial charge in [0.2, 0.25) is 0 Å². The first-order chi connectivity index (χ1) is 15.2. The number of anilines is 3. The first-order valence-corrected chi connectivity index (χ1v) is 10.5. The summed E-state index contributed by atoms with van der Waals surface area (Å²) >= 11 is 0. The molecule has 0 saturated carbocycles. The molecule has 0 amide bonds. The number of morpholine rings is 1. The highest BCUT2D eigenvalue weighted by Crippen LogP contribution is 2.29. The van der Waals surface area contributed by atoms with Gasteiger partial charge in [-0.05, 0) is 54.8 Å². The second-order valence-corrected chi connectivity index (χ2v) is 7.77. The van der Waals surface area contributed by atoms with Crippen LogP contribution in [-0.4, -0.2) is 36.3 Å². The topological polar surface area (TPSA) is 70.2 Å². The summed E-state index contributed by atoms with van der Waals surface area (Å²) < 4.78 is 5.44. The molecule has 1 fully saturated rings. The Labute approximate surface area is 180 Å². The number of nitrogens with one attached hydrogen (secondary N) is 2. The summed E-state index contributed by atoms with van der Waals surface area (Å²) in [6.45, 7) is 5.36. The number of aromatic amines is 1. The summed E-state index contributed by atoms with van der Waals surface area (Å²) in [6, 6.07) is 20.3. The van der Waals surface area contributed by atoms with Crippen LogP contribution in [0, 0.1) is 6.92 Å². The molecule has 4 aromatic rings. The van der Waals surface area contributed by atoms with E-state index in [0.717, 1.165) is 54.3 Å². The van der Waals surface area contributed by atoms with Gasteiger partial charge in [0.15, 0.2) is 0 Å². The van der Waals surface area contributed by atoms with E-state index in [0.29, 0.717) is 11.2 Å². The van der Waals surface area contributed by atoms with E-state index in [1.807, 2.05) is 36.4 Å². The number of aryl methyl sites for hydroxylation is 1. The summed E-state index contributed by atoms with van der Waals surface area (Å²) in [5.41, 5.74) is 4.90. The molecule has 0 aliphatic carbocycles. The fourth-order valence-electron chi connectivity index (χ4n) is 3.97. The average Bonchev–Trinajstić information content (AvgIpc) is 2.80. The van der Waals surface area contributed by atoms with Crippen molar-refractivity contribution in [3.8, 4) is 11.3 Å². The number of aromatic nitrogens is 2. The quantitative estimate of drug-likeness (QED) is 0.517. The number of benzene rings is 2. The highest BCUT2D eigenvalue weighted by atomic mass is 16.5. The Balaban J connectivity index is 1.53. The minimum absolute atomic E-state index is 0.159. The minimum Gasteiger partial charge on any atom is -0.378 e. The standard InChI is InChI=1S/C25H24N4O2/c1-17-3-2-4-18(15-17)22-16-19-9-10-26-25(30)23(19)24(28-22)27-20-5-7-21(8-6-20)29-11-13-31-14-12-29/h2-10,15-16H,11-14H2,1H3,(H,26,30)(H,27,28). The largest absolute Gasteiger partial charge is 0.378 e. The van der Waals surface area contributed by atoms with Crippen molar-refractivity contribution in [1.82, 2.24) is 9.97 Å². The lowest BCUT2D eigenvalue weighted by Gasteiger charge is -2.28. The first-order valence-electron chi connectivity index (χ1n) is 10.5. The van der Waals surface area contributed by atoms with Gasteiger partial charge in [-0.15, -0.1) is 0 Å². The number of rotatable bonds is 4. The molecule has 6 nitrogen and oxygen atoms in total. The van der Waals surface area contributed by atoms with Crippen molar-refractivity contribution in [3.63, 3.8) is 0 Å². The molecule has 0 spiro atoms. The monoisotopic (exact) mass is 412 g/mol. The highest BCUT2D eigenvalue weighted by molar-refractivity contribution is 5.95. The van der Waals surface area contributed by atoms with E-state index in [2.05, 4.69) is 46.4 Å². The van der Waals surface area contributed by atoms with Gasteiger partial charge in [0.05, 0.1) is 24.3 Å². The van der Waals surface area contributed by atoms with Gasteiger partial charge in [-0.2, -0.15) is 0 Å². The Morgan fingerprint density at radius 2 is 1.84 bits per heavy atom. The number of nitrogens with zero attached hydrogens (tertiary/aromatic N) is 2. The minimum atomic E-state index is -0.159. The lowest BCUT2D eigenvalue weighted by Crippen LogP contribution is -2.36. The molecule has 2 N–H and O–H groups in total. The van der Waals surface area contributed by atoms with Crippen LogP contribution in [0.15, 0.2) is 71.7 Å². The van der Waals surface area contributed by atoms with E-state index in [1.54, 1.807) is 6.20 Å². The van der Waals surface area contributed by atoms with Crippen LogP contribution in [0.1, 0.15) is 5.56 Å². The van der Waals surface area contributed by atoms with Crippen LogP contribution in [0.5, 0.6) is 0 Å². The lowest BCUT2D eigenvalue weighted by atomic mass is 10.1. The maximum absolute atomic E-state index is 12.6. The van der Waals surface area contributed by atoms with E-state index in [-0.39, 0.29) is 5.56 Å². The molecular formula is C25H24N4O2. The zero-order valence-electron chi connectivity index (χ0n) is 17.4. The molecule has 0 bridgehead atoms. The number of pyridine rings is 2. The smallest absolute Gasteiger partial charge is 0.259 e. The second-order valence-electron chi connectivity index (χ2n) is 7.77. The van der Waals surface area contributed by atoms with Crippen molar-refractivity contribution in [2.75, 3.05) is 36.5 Å². The van der Waals surface area contributed by atoms with E-state index in [4.69, 9.17) is 9.72 Å². The number of hydrogen-bond acceptors (Lipinski definition) is 5. The molecule has 1 aliphatic heterocycles. The lowest BCUT2D eigenvalue weighted by molar-refractivity contribution is 0.122. The normalized spacial score (nSPS) is 14.0. The number of fused-ring (bicyclic) bond motifs is 1. The van der Waals surface area contributed by atoms with Crippen LogP contribution >= 0.6 is 0 Å². The maximum Gasteiger partial charge on any atom is 0.259 e. The SMILES string of the molecule is Cc1cccc(-c2cc3cc[nH]c(=O)c3c(Nc3ccc(N4CCOCC4)cc3)n2)c1. The second kappa shape index (κ2) is 8.24. The van der Waals surface area contributed by atoms with Crippen LogP contribution in [0.3, 0.4) is 0 Å². The zero-order valence-corrected chi connectivity index (χ0v) is 17.4. The summed E-state index contributed by atoms with van der Waals surface area (Å²) in [7, 11) is 0. The Morgan fingerprint density at radius 1 is 1.03 bits per heavy atom. The van der Waals surface area contributed by atoms with Gasteiger partial charge < -0.3 is 19.9 Å². The Kier molecular flexibility index (Phi) is 5.14. The average molecular weight is 412 g/mol. The van der Waals surface area contributed by atoms with Crippen molar-refractivity contribution >= 4 is 28.0 Å². The van der Waals surface area contributed by atoms with Crippen molar-refractivity contribution in [1.29, 1.82) is 0 Å². The molecule has 156 valence electrons. The van der Waals surface area contributed by atoms with Crippen molar-refractivity contribution < 1.29 is 4.74 Å². The van der Waals surface area contributed by atoms with E-state index in [9.17, 15) is 4.79 Å². The molecule has 2 aromatic heterocycles. The van der Waals surface area contributed by atoms with E-state index >= 15 is 0 Å². The number of H-pyrrole nitrogens is 1. The molecule has 0 radical (unpaired) electrons. The van der Waals surface area contributed by atoms with Crippen molar-refractivity contribution in [3.05, 3.63) is 82.8 Å². The van der Waals surface area contributed by atoms with Gasteiger partial charge in [0.25, 0.3) is 5.56 Å². The number of ether oxygens (including phenoxy) is 1. The van der Waals surface area contributed by atoms with Gasteiger partial charge in [0.1, 0.15) is 5.82 Å². The van der Waals surface area contributed by atoms with Crippen molar-refractivity contribution in [2.24, 2.45) is 0 Å². The third-order valence-corrected chi connectivity index (χ3v) is 5.57.